The number of pyridine rings is 1. The van der Waals surface area contributed by atoms with Crippen LogP contribution < -0.4 is 16.8 Å². The molecule has 68 valence electrons. The lowest BCUT2D eigenvalue weighted by atomic mass is 10.5. The summed E-state index contributed by atoms with van der Waals surface area (Å²) >= 11 is 5.79. The van der Waals surface area contributed by atoms with Gasteiger partial charge in [-0.3, -0.25) is 15.7 Å². The molecule has 0 saturated heterocycles. The molecule has 0 unspecified atom stereocenters. The third-order valence-corrected chi connectivity index (χ3v) is 1.91. The maximum atomic E-state index is 5.79. The van der Waals surface area contributed by atoms with Gasteiger partial charge in [0.1, 0.15) is 11.5 Å². The lowest BCUT2D eigenvalue weighted by molar-refractivity contribution is 0.861. The van der Waals surface area contributed by atoms with Crippen LogP contribution in [0.4, 0.5) is 5.82 Å². The predicted molar refractivity (Wildman–Crippen MR) is 51.1 cm³/mol. The summed E-state index contributed by atoms with van der Waals surface area (Å²) in [7, 11) is 0. The van der Waals surface area contributed by atoms with Gasteiger partial charge in [0.25, 0.3) is 0 Å². The molecule has 0 bridgehead atoms. The highest BCUT2D eigenvalue weighted by Crippen LogP contribution is 2.15. The van der Waals surface area contributed by atoms with Crippen LogP contribution in [0.15, 0.2) is 24.5 Å². The Labute approximate surface area is 79.5 Å². The molecule has 2 aromatic rings. The summed E-state index contributed by atoms with van der Waals surface area (Å²) in [6.07, 6.45) is 3.47. The summed E-state index contributed by atoms with van der Waals surface area (Å²) in [6, 6.07) is 3.54. The van der Waals surface area contributed by atoms with E-state index in [1.54, 1.807) is 18.3 Å². The molecule has 0 spiro atoms. The summed E-state index contributed by atoms with van der Waals surface area (Å²) in [6.45, 7) is 0. The molecule has 0 saturated carbocycles. The quantitative estimate of drug-likeness (QED) is 0.492. The Morgan fingerprint density at radius 2 is 2.38 bits per heavy atom. The van der Waals surface area contributed by atoms with Crippen molar-refractivity contribution in [3.8, 4) is 0 Å². The molecule has 4 N–H and O–H groups in total. The lowest BCUT2D eigenvalue weighted by Crippen LogP contribution is -2.29. The van der Waals surface area contributed by atoms with Gasteiger partial charge in [-0.25, -0.2) is 4.98 Å². The zero-order valence-corrected chi connectivity index (χ0v) is 7.42. The van der Waals surface area contributed by atoms with Crippen molar-refractivity contribution in [3.63, 3.8) is 0 Å². The Morgan fingerprint density at radius 3 is 3.15 bits per heavy atom. The van der Waals surface area contributed by atoms with Crippen molar-refractivity contribution < 1.29 is 0 Å². The van der Waals surface area contributed by atoms with Crippen LogP contribution in [0.3, 0.4) is 0 Å². The van der Waals surface area contributed by atoms with Crippen LogP contribution in [0.25, 0.3) is 5.65 Å². The Bertz CT molecular complexity index is 424. The van der Waals surface area contributed by atoms with Crippen LogP contribution in [0.5, 0.6) is 0 Å². The number of anilines is 1. The minimum absolute atomic E-state index is 0.658. The van der Waals surface area contributed by atoms with Crippen molar-refractivity contribution in [1.29, 1.82) is 0 Å². The van der Waals surface area contributed by atoms with Crippen molar-refractivity contribution in [2.75, 3.05) is 5.43 Å². The normalized spacial score (nSPS) is 10.6. The second-order valence-electron chi connectivity index (χ2n) is 2.49. The van der Waals surface area contributed by atoms with E-state index in [1.807, 2.05) is 10.6 Å². The molecule has 2 heterocycles. The molecular weight excluding hydrogens is 190 g/mol. The van der Waals surface area contributed by atoms with Crippen molar-refractivity contribution >= 4 is 23.1 Å². The Kier molecular flexibility index (Phi) is 2.05. The third-order valence-electron chi connectivity index (χ3n) is 1.68. The van der Waals surface area contributed by atoms with Crippen LogP contribution >= 0.6 is 11.6 Å². The molecule has 6 heteroatoms. The number of nitrogens with zero attached hydrogens (tertiary/aromatic N) is 2. The zero-order valence-electron chi connectivity index (χ0n) is 6.66. The van der Waals surface area contributed by atoms with Gasteiger partial charge >= 0.3 is 0 Å². The molecule has 0 fully saturated rings. The van der Waals surface area contributed by atoms with Gasteiger partial charge in [-0.05, 0) is 6.07 Å². The van der Waals surface area contributed by atoms with Gasteiger partial charge < -0.3 is 0 Å². The van der Waals surface area contributed by atoms with Crippen molar-refractivity contribution in [1.82, 2.24) is 14.9 Å². The molecule has 13 heavy (non-hydrogen) atoms. The Hall–Kier alpha value is -1.30. The van der Waals surface area contributed by atoms with Crippen LogP contribution in [-0.4, -0.2) is 9.38 Å². The second kappa shape index (κ2) is 3.21. The van der Waals surface area contributed by atoms with Crippen LogP contribution in [0.1, 0.15) is 0 Å². The number of hydrogen-bond donors (Lipinski definition) is 3. The smallest absolute Gasteiger partial charge is 0.146 e. The SMILES string of the molecule is NNNc1cnc2cc(Cl)ccn12. The van der Waals surface area contributed by atoms with Crippen LogP contribution in [-0.2, 0) is 0 Å². The van der Waals surface area contributed by atoms with Gasteiger partial charge in [-0.2, -0.15) is 5.53 Å². The number of hydrogen-bond acceptors (Lipinski definition) is 4. The van der Waals surface area contributed by atoms with Gasteiger partial charge in [0.2, 0.25) is 0 Å². The van der Waals surface area contributed by atoms with Gasteiger partial charge in [0.15, 0.2) is 0 Å². The summed E-state index contributed by atoms with van der Waals surface area (Å²) in [5, 5.41) is 0.658. The highest BCUT2D eigenvalue weighted by Gasteiger charge is 2.01. The van der Waals surface area contributed by atoms with E-state index in [0.29, 0.717) is 5.02 Å². The first-order chi connectivity index (χ1) is 6.31. The number of fused-ring (bicyclic) bond motifs is 1. The molecule has 0 radical (unpaired) electrons. The van der Waals surface area contributed by atoms with E-state index in [4.69, 9.17) is 17.4 Å². The van der Waals surface area contributed by atoms with Gasteiger partial charge in [-0.1, -0.05) is 11.6 Å². The van der Waals surface area contributed by atoms with E-state index >= 15 is 0 Å². The standard InChI is InChI=1S/C7H8ClN5/c8-5-1-2-13-6(3-5)10-4-7(13)11-12-9/h1-4,11-12H,9H2. The molecule has 0 aromatic carbocycles. The maximum Gasteiger partial charge on any atom is 0.146 e. The topological polar surface area (TPSA) is 67.4 Å². The largest absolute Gasteiger partial charge is 0.292 e. The predicted octanol–water partition coefficient (Wildman–Crippen LogP) is 0.778. The average Bonchev–Trinajstić information content (AvgIpc) is 2.49. The van der Waals surface area contributed by atoms with Gasteiger partial charge in [0.05, 0.1) is 6.20 Å². The minimum Gasteiger partial charge on any atom is -0.292 e. The molecule has 0 amide bonds. The molecule has 2 aromatic heterocycles. The second-order valence-corrected chi connectivity index (χ2v) is 2.92. The summed E-state index contributed by atoms with van der Waals surface area (Å²) in [5.41, 5.74) is 5.84. The maximum absolute atomic E-state index is 5.79. The number of nitrogens with two attached hydrogens (primary N) is 1. The Morgan fingerprint density at radius 1 is 1.54 bits per heavy atom. The number of hydrazine groups is 2. The highest BCUT2D eigenvalue weighted by molar-refractivity contribution is 6.30. The van der Waals surface area contributed by atoms with E-state index in [-0.39, 0.29) is 0 Å². The fraction of sp³-hybridized carbons (Fsp3) is 0. The van der Waals surface area contributed by atoms with E-state index in [9.17, 15) is 0 Å². The number of aromatic nitrogens is 2. The van der Waals surface area contributed by atoms with Crippen molar-refractivity contribution in [2.24, 2.45) is 5.84 Å². The molecule has 0 aliphatic carbocycles. The third kappa shape index (κ3) is 1.44. The number of imidazole rings is 1. The molecule has 2 rings (SSSR count). The molecule has 0 atom stereocenters. The summed E-state index contributed by atoms with van der Waals surface area (Å²) in [4.78, 5) is 4.12. The van der Waals surface area contributed by atoms with E-state index < -0.39 is 0 Å². The summed E-state index contributed by atoms with van der Waals surface area (Å²) < 4.78 is 1.83. The van der Waals surface area contributed by atoms with Crippen molar-refractivity contribution in [3.05, 3.63) is 29.5 Å². The highest BCUT2D eigenvalue weighted by atomic mass is 35.5. The number of nitrogens with one attached hydrogen (secondary N) is 2. The number of rotatable bonds is 2. The van der Waals surface area contributed by atoms with E-state index in [0.717, 1.165) is 11.5 Å². The van der Waals surface area contributed by atoms with Crippen LogP contribution in [0.2, 0.25) is 5.02 Å². The fourth-order valence-electron chi connectivity index (χ4n) is 1.12. The van der Waals surface area contributed by atoms with Gasteiger partial charge in [-0.15, -0.1) is 0 Å². The molecular formula is C7H8ClN5. The average molecular weight is 198 g/mol. The first-order valence-corrected chi connectivity index (χ1v) is 4.03. The molecule has 0 aliphatic rings. The van der Waals surface area contributed by atoms with Crippen molar-refractivity contribution in [2.45, 2.75) is 0 Å². The van der Waals surface area contributed by atoms with E-state index in [2.05, 4.69) is 15.9 Å². The minimum atomic E-state index is 0.658. The molecule has 5 nitrogen and oxygen atoms in total. The van der Waals surface area contributed by atoms with Crippen LogP contribution in [0, 0.1) is 0 Å². The molecule has 0 aliphatic heterocycles. The first-order valence-electron chi connectivity index (χ1n) is 3.65. The fourth-order valence-corrected chi connectivity index (χ4v) is 1.28. The zero-order chi connectivity index (χ0) is 9.26. The van der Waals surface area contributed by atoms with Gasteiger partial charge in [0, 0.05) is 17.3 Å². The number of halogens is 1. The lowest BCUT2D eigenvalue weighted by Gasteiger charge is -2.02. The first kappa shape index (κ1) is 8.31. The Balaban J connectivity index is 2.55. The summed E-state index contributed by atoms with van der Waals surface area (Å²) in [5.74, 6) is 5.87. The monoisotopic (exact) mass is 197 g/mol. The van der Waals surface area contributed by atoms with E-state index in [1.165, 1.54) is 0 Å².